The van der Waals surface area contributed by atoms with Gasteiger partial charge in [-0.1, -0.05) is 0 Å². The van der Waals surface area contributed by atoms with Crippen LogP contribution < -0.4 is 4.74 Å². The van der Waals surface area contributed by atoms with Crippen LogP contribution in [0.25, 0.3) is 0 Å². The van der Waals surface area contributed by atoms with E-state index in [0.717, 1.165) is 6.20 Å². The molecule has 7 nitrogen and oxygen atoms in total. The van der Waals surface area contributed by atoms with Crippen molar-refractivity contribution in [1.82, 2.24) is 9.55 Å². The second-order valence-corrected chi connectivity index (χ2v) is 5.08. The molecule has 0 aliphatic carbocycles. The van der Waals surface area contributed by atoms with Crippen LogP contribution in [0.15, 0.2) is 6.20 Å². The van der Waals surface area contributed by atoms with Gasteiger partial charge in [0.25, 0.3) is 0 Å². The Morgan fingerprint density at radius 1 is 1.20 bits per heavy atom. The van der Waals surface area contributed by atoms with Crippen molar-refractivity contribution in [3.63, 3.8) is 0 Å². The third kappa shape index (κ3) is 2.99. The molecule has 12 heteroatoms. The van der Waals surface area contributed by atoms with Crippen LogP contribution in [-0.2, 0) is 17.9 Å². The van der Waals surface area contributed by atoms with Gasteiger partial charge >= 0.3 is 11.8 Å². The van der Waals surface area contributed by atoms with E-state index in [0.29, 0.717) is 0 Å². The number of nitrogens with zero attached hydrogens (tertiary/aromatic N) is 3. The lowest BCUT2D eigenvalue weighted by Gasteiger charge is -2.22. The van der Waals surface area contributed by atoms with Crippen LogP contribution in [0.1, 0.15) is 5.56 Å². The molecule has 1 aromatic carbocycles. The first kappa shape index (κ1) is 17.1. The fourth-order valence-electron chi connectivity index (χ4n) is 2.24. The second-order valence-electron chi connectivity index (χ2n) is 5.08. The van der Waals surface area contributed by atoms with Gasteiger partial charge in [-0.25, -0.2) is 22.0 Å². The van der Waals surface area contributed by atoms with Gasteiger partial charge in [0.1, 0.15) is 18.9 Å². The van der Waals surface area contributed by atoms with Crippen molar-refractivity contribution in [3.05, 3.63) is 51.0 Å². The van der Waals surface area contributed by atoms with Crippen LogP contribution >= 0.6 is 0 Å². The molecule has 1 atom stereocenters. The largest absolute Gasteiger partial charge is 0.443 e. The molecule has 0 amide bonds. The normalized spacial score (nSPS) is 16.4. The zero-order chi connectivity index (χ0) is 18.3. The molecule has 0 spiro atoms. The fraction of sp³-hybridized carbons (Fsp3) is 0.308. The molecule has 0 N–H and O–H groups in total. The van der Waals surface area contributed by atoms with Gasteiger partial charge in [-0.3, -0.25) is 4.57 Å². The number of hydrogen-bond acceptors (Lipinski definition) is 5. The van der Waals surface area contributed by atoms with E-state index in [1.807, 2.05) is 0 Å². The lowest BCUT2D eigenvalue weighted by Crippen LogP contribution is -2.32. The predicted octanol–water partition coefficient (Wildman–Crippen LogP) is 2.46. The summed E-state index contributed by atoms with van der Waals surface area (Å²) < 4.78 is 77.8. The van der Waals surface area contributed by atoms with Crippen LogP contribution in [0.2, 0.25) is 0 Å². The predicted molar refractivity (Wildman–Crippen MR) is 69.2 cm³/mol. The molecule has 134 valence electrons. The van der Waals surface area contributed by atoms with Gasteiger partial charge in [-0.05, 0) is 4.92 Å². The van der Waals surface area contributed by atoms with Crippen molar-refractivity contribution in [3.8, 4) is 6.01 Å². The molecule has 1 aromatic heterocycles. The minimum atomic E-state index is -2.25. The molecule has 2 aromatic rings. The summed E-state index contributed by atoms with van der Waals surface area (Å²) in [6, 6.07) is -0.0391. The van der Waals surface area contributed by atoms with Crippen molar-refractivity contribution in [2.75, 3.05) is 6.61 Å². The Morgan fingerprint density at radius 3 is 2.40 bits per heavy atom. The summed E-state index contributed by atoms with van der Waals surface area (Å²) in [4.78, 5) is 13.5. The first-order valence-corrected chi connectivity index (χ1v) is 6.75. The van der Waals surface area contributed by atoms with Gasteiger partial charge in [0.15, 0.2) is 23.3 Å². The van der Waals surface area contributed by atoms with E-state index < -0.39 is 58.1 Å². The SMILES string of the molecule is O=[N+]([O-])c1cn2c(n1)OC[C@@H](OCc1c(F)c(F)c(F)c(F)c1F)C2. The van der Waals surface area contributed by atoms with Crippen molar-refractivity contribution in [2.45, 2.75) is 19.3 Å². The van der Waals surface area contributed by atoms with Crippen LogP contribution in [0.4, 0.5) is 27.8 Å². The smallest absolute Gasteiger partial charge is 0.414 e. The molecule has 25 heavy (non-hydrogen) atoms. The molecule has 1 aliphatic rings. The minimum absolute atomic E-state index is 0.00836. The summed E-state index contributed by atoms with van der Waals surface area (Å²) in [6.07, 6.45) is 0.236. The molecule has 3 rings (SSSR count). The Bertz CT molecular complexity index is 828. The maximum absolute atomic E-state index is 13.6. The van der Waals surface area contributed by atoms with Gasteiger partial charge in [-0.15, -0.1) is 0 Å². The van der Waals surface area contributed by atoms with E-state index in [1.165, 1.54) is 4.57 Å². The average molecular weight is 365 g/mol. The zero-order valence-electron chi connectivity index (χ0n) is 12.1. The maximum Gasteiger partial charge on any atom is 0.414 e. The number of ether oxygens (including phenoxy) is 2. The minimum Gasteiger partial charge on any atom is -0.443 e. The van der Waals surface area contributed by atoms with E-state index >= 15 is 0 Å². The number of benzene rings is 1. The van der Waals surface area contributed by atoms with E-state index in [-0.39, 0.29) is 19.2 Å². The Balaban J connectivity index is 1.74. The van der Waals surface area contributed by atoms with Crippen molar-refractivity contribution in [1.29, 1.82) is 0 Å². The van der Waals surface area contributed by atoms with Gasteiger partial charge in [0, 0.05) is 4.98 Å². The number of aromatic nitrogens is 2. The topological polar surface area (TPSA) is 79.4 Å². The van der Waals surface area contributed by atoms with Crippen LogP contribution in [0.3, 0.4) is 0 Å². The molecule has 0 bridgehead atoms. The monoisotopic (exact) mass is 365 g/mol. The molecule has 2 heterocycles. The summed E-state index contributed by atoms with van der Waals surface area (Å²) >= 11 is 0. The Hall–Kier alpha value is -2.76. The number of fused-ring (bicyclic) bond motifs is 1. The molecule has 1 aliphatic heterocycles. The first-order valence-electron chi connectivity index (χ1n) is 6.75. The van der Waals surface area contributed by atoms with Gasteiger partial charge in [-0.2, -0.15) is 0 Å². The molecular formula is C13H8F5N3O4. The highest BCUT2D eigenvalue weighted by Crippen LogP contribution is 2.26. The van der Waals surface area contributed by atoms with Crippen molar-refractivity contribution < 1.29 is 36.3 Å². The fourth-order valence-corrected chi connectivity index (χ4v) is 2.24. The summed E-state index contributed by atoms with van der Waals surface area (Å²) in [6.45, 7) is -1.07. The Morgan fingerprint density at radius 2 is 1.80 bits per heavy atom. The lowest BCUT2D eigenvalue weighted by atomic mass is 10.2. The highest BCUT2D eigenvalue weighted by Gasteiger charge is 2.30. The highest BCUT2D eigenvalue weighted by atomic mass is 19.2. The van der Waals surface area contributed by atoms with E-state index in [9.17, 15) is 32.1 Å². The molecule has 0 saturated heterocycles. The summed E-state index contributed by atoms with van der Waals surface area (Å²) in [5.74, 6) is -10.8. The zero-order valence-corrected chi connectivity index (χ0v) is 12.1. The summed E-state index contributed by atoms with van der Waals surface area (Å²) in [7, 11) is 0. The summed E-state index contributed by atoms with van der Waals surface area (Å²) in [5.41, 5.74) is -1.11. The van der Waals surface area contributed by atoms with Gasteiger partial charge in [0.2, 0.25) is 5.82 Å². The number of imidazole rings is 1. The van der Waals surface area contributed by atoms with E-state index in [2.05, 4.69) is 4.98 Å². The first-order chi connectivity index (χ1) is 11.8. The number of rotatable bonds is 4. The molecule has 0 radical (unpaired) electrons. The standard InChI is InChI=1S/C13H8F5N3O4/c14-8-6(9(15)11(17)12(18)10(8)16)4-24-5-1-20-2-7(21(22)23)19-13(20)25-3-5/h2,5H,1,3-4H2/t5-/m0/s1. The highest BCUT2D eigenvalue weighted by molar-refractivity contribution is 5.24. The third-order valence-corrected chi connectivity index (χ3v) is 3.48. The molecular weight excluding hydrogens is 357 g/mol. The van der Waals surface area contributed by atoms with Gasteiger partial charge in [0.05, 0.1) is 18.7 Å². The van der Waals surface area contributed by atoms with Crippen LogP contribution in [-0.4, -0.2) is 27.2 Å². The van der Waals surface area contributed by atoms with E-state index in [1.54, 1.807) is 0 Å². The molecule has 0 unspecified atom stereocenters. The average Bonchev–Trinajstić information content (AvgIpc) is 3.02. The van der Waals surface area contributed by atoms with Crippen LogP contribution in [0.5, 0.6) is 6.01 Å². The Labute approximate surface area is 135 Å². The number of hydrogen-bond donors (Lipinski definition) is 0. The Kier molecular flexibility index (Phi) is 4.29. The third-order valence-electron chi connectivity index (χ3n) is 3.48. The quantitative estimate of drug-likeness (QED) is 0.273. The van der Waals surface area contributed by atoms with E-state index in [4.69, 9.17) is 9.47 Å². The van der Waals surface area contributed by atoms with Crippen molar-refractivity contribution in [2.24, 2.45) is 0 Å². The lowest BCUT2D eigenvalue weighted by molar-refractivity contribution is -0.389. The number of halogens is 5. The molecule has 0 fully saturated rings. The van der Waals surface area contributed by atoms with Crippen LogP contribution in [0, 0.1) is 39.2 Å². The van der Waals surface area contributed by atoms with Crippen molar-refractivity contribution >= 4 is 5.82 Å². The molecule has 0 saturated carbocycles. The summed E-state index contributed by atoms with van der Waals surface area (Å²) in [5, 5.41) is 10.6. The van der Waals surface area contributed by atoms with Gasteiger partial charge < -0.3 is 19.6 Å². The number of nitro groups is 1. The maximum atomic E-state index is 13.6. The second kappa shape index (κ2) is 6.27.